The summed E-state index contributed by atoms with van der Waals surface area (Å²) in [6, 6.07) is 0. The van der Waals surface area contributed by atoms with E-state index in [2.05, 4.69) is 0 Å². The number of hydrogen-bond acceptors (Lipinski definition) is 17. The molecule has 4 fully saturated rings. The molecule has 0 aromatic carbocycles. The fraction of sp³-hybridized carbons (Fsp3) is 0.778. The van der Waals surface area contributed by atoms with Gasteiger partial charge in [0.25, 0.3) is 0 Å². The SMILES string of the molecule is CC(=O)OC1C2OC(=O)CCC(O)(C1OC(=O)C(C)C)C(OC(C)=O)C1C(OC(C)=O)C(C)(OC(C)=O)CC1(OC(C)=O)C(=O)C(C)C1OC1C2(C)C. The van der Waals surface area contributed by atoms with Crippen LogP contribution >= 0.6 is 0 Å². The van der Waals surface area contributed by atoms with Crippen molar-refractivity contribution in [3.8, 4) is 0 Å². The largest absolute Gasteiger partial charge is 0.459 e. The summed E-state index contributed by atoms with van der Waals surface area (Å²) in [5.41, 5.74) is -8.70. The van der Waals surface area contributed by atoms with Crippen molar-refractivity contribution in [2.45, 2.75) is 155 Å². The summed E-state index contributed by atoms with van der Waals surface area (Å²) in [7, 11) is 0. The van der Waals surface area contributed by atoms with Crippen molar-refractivity contribution in [3.05, 3.63) is 0 Å². The second kappa shape index (κ2) is 14.6. The summed E-state index contributed by atoms with van der Waals surface area (Å²) in [6.07, 6.45) is -13.3. The Hall–Kier alpha value is -4.12. The van der Waals surface area contributed by atoms with Crippen LogP contribution in [0.1, 0.15) is 95.4 Å². The van der Waals surface area contributed by atoms with Crippen molar-refractivity contribution in [2.75, 3.05) is 0 Å². The number of aliphatic hydroxyl groups is 1. The average Bonchev–Trinajstić information content (AvgIpc) is 3.78. The Bertz CT molecular complexity index is 1550. The lowest BCUT2D eigenvalue weighted by Crippen LogP contribution is -2.71. The first-order valence-electron chi connectivity index (χ1n) is 17.5. The second-order valence-corrected chi connectivity index (χ2v) is 15.6. The molecule has 2 aliphatic heterocycles. The molecule has 2 aliphatic carbocycles. The van der Waals surface area contributed by atoms with E-state index >= 15 is 4.79 Å². The van der Waals surface area contributed by atoms with Crippen LogP contribution in [0.4, 0.5) is 0 Å². The van der Waals surface area contributed by atoms with E-state index in [4.69, 9.17) is 37.9 Å². The van der Waals surface area contributed by atoms with E-state index in [0.29, 0.717) is 0 Å². The molecule has 2 saturated carbocycles. The zero-order chi connectivity index (χ0) is 40.2. The minimum Gasteiger partial charge on any atom is -0.459 e. The predicted octanol–water partition coefficient (Wildman–Crippen LogP) is 1.44. The monoisotopic (exact) mass is 754 g/mol. The van der Waals surface area contributed by atoms with Gasteiger partial charge in [0.15, 0.2) is 41.4 Å². The van der Waals surface area contributed by atoms with Crippen LogP contribution in [0.2, 0.25) is 0 Å². The number of ether oxygens (including phenoxy) is 8. The number of carbonyl (C=O) groups excluding carboxylic acids is 8. The van der Waals surface area contributed by atoms with Crippen LogP contribution in [-0.2, 0) is 76.3 Å². The molecular formula is C36H50O17. The molecule has 17 heteroatoms. The summed E-state index contributed by atoms with van der Waals surface area (Å²) in [6.45, 7) is 14.1. The van der Waals surface area contributed by atoms with Gasteiger partial charge in [0.1, 0.15) is 11.7 Å². The van der Waals surface area contributed by atoms with Crippen LogP contribution < -0.4 is 0 Å². The van der Waals surface area contributed by atoms with Crippen LogP contribution in [-0.4, -0.2) is 112 Å². The first-order chi connectivity index (χ1) is 24.3. The molecule has 12 unspecified atom stereocenters. The Labute approximate surface area is 306 Å². The Kier molecular flexibility index (Phi) is 11.5. The lowest BCUT2D eigenvalue weighted by Gasteiger charge is -2.52. The summed E-state index contributed by atoms with van der Waals surface area (Å²) in [5, 5.41) is 13.3. The number of fused-ring (bicyclic) bond motifs is 5. The van der Waals surface area contributed by atoms with E-state index in [0.717, 1.165) is 34.6 Å². The van der Waals surface area contributed by atoms with Crippen LogP contribution in [0.3, 0.4) is 0 Å². The number of rotatable bonds is 7. The third-order valence-electron chi connectivity index (χ3n) is 10.6. The fourth-order valence-corrected chi connectivity index (χ4v) is 8.47. The van der Waals surface area contributed by atoms with Gasteiger partial charge >= 0.3 is 41.8 Å². The molecule has 4 rings (SSSR count). The van der Waals surface area contributed by atoms with E-state index < -0.39 is 150 Å². The fourth-order valence-electron chi connectivity index (χ4n) is 8.47. The summed E-state index contributed by atoms with van der Waals surface area (Å²) in [4.78, 5) is 107. The number of carbonyl (C=O) groups is 8. The Balaban J connectivity index is 2.24. The van der Waals surface area contributed by atoms with Crippen LogP contribution in [0, 0.1) is 23.2 Å². The normalized spacial score (nSPS) is 38.9. The standard InChI is InChI=1S/C36H50O17/c1-15(2)32(44)51-31-25(46-17(4)37)30-33(9,10)29-24(50-29)16(3)26(43)36(53-21(8)41)14-34(11,52-20(7)40)27(47-18(5)38)23(36)28(48-19(6)39)35(31,45)13-12-22(42)49-30/h15-16,23-25,27-31,45H,12-14H2,1-11H3. The highest BCUT2D eigenvalue weighted by molar-refractivity contribution is 5.93. The van der Waals surface area contributed by atoms with E-state index in [9.17, 15) is 38.7 Å². The van der Waals surface area contributed by atoms with Crippen molar-refractivity contribution in [2.24, 2.45) is 23.2 Å². The third-order valence-corrected chi connectivity index (χ3v) is 10.6. The number of esters is 7. The number of Topliss-reactive ketones (excluding diaryl/α,β-unsaturated/α-hetero) is 1. The van der Waals surface area contributed by atoms with Gasteiger partial charge in [0.05, 0.1) is 24.0 Å². The molecule has 2 heterocycles. The van der Waals surface area contributed by atoms with Crippen molar-refractivity contribution in [1.29, 1.82) is 0 Å². The summed E-state index contributed by atoms with van der Waals surface area (Å²) >= 11 is 0. The van der Waals surface area contributed by atoms with Crippen LogP contribution in [0.25, 0.3) is 0 Å². The first kappa shape index (κ1) is 41.6. The molecular weight excluding hydrogens is 704 g/mol. The van der Waals surface area contributed by atoms with Crippen molar-refractivity contribution < 1.29 is 81.4 Å². The smallest absolute Gasteiger partial charge is 0.308 e. The van der Waals surface area contributed by atoms with E-state index in [1.165, 1.54) is 27.7 Å². The highest BCUT2D eigenvalue weighted by Crippen LogP contribution is 2.58. The molecule has 0 aromatic heterocycles. The Morgan fingerprint density at radius 3 is 1.81 bits per heavy atom. The zero-order valence-electron chi connectivity index (χ0n) is 31.9. The van der Waals surface area contributed by atoms with Crippen molar-refractivity contribution in [3.63, 3.8) is 0 Å². The molecule has 0 spiro atoms. The van der Waals surface area contributed by atoms with Crippen molar-refractivity contribution in [1.82, 2.24) is 0 Å². The molecule has 2 saturated heterocycles. The van der Waals surface area contributed by atoms with Gasteiger partial charge in [0.2, 0.25) is 0 Å². The Morgan fingerprint density at radius 1 is 0.755 bits per heavy atom. The average molecular weight is 755 g/mol. The highest BCUT2D eigenvalue weighted by atomic mass is 16.6. The molecule has 17 nitrogen and oxygen atoms in total. The van der Waals surface area contributed by atoms with Gasteiger partial charge in [-0.15, -0.1) is 0 Å². The zero-order valence-corrected chi connectivity index (χ0v) is 31.9. The second-order valence-electron chi connectivity index (χ2n) is 15.6. The van der Waals surface area contributed by atoms with Crippen molar-refractivity contribution >= 4 is 47.6 Å². The topological polar surface area (TPSA) is 234 Å². The quantitative estimate of drug-likeness (QED) is 0.220. The van der Waals surface area contributed by atoms with Gasteiger partial charge < -0.3 is 43.0 Å². The minimum absolute atomic E-state index is 0.616. The molecule has 296 valence electrons. The third kappa shape index (κ3) is 7.77. The van der Waals surface area contributed by atoms with E-state index in [1.54, 1.807) is 13.8 Å². The predicted molar refractivity (Wildman–Crippen MR) is 175 cm³/mol. The van der Waals surface area contributed by atoms with Gasteiger partial charge in [-0.1, -0.05) is 34.6 Å². The van der Waals surface area contributed by atoms with Gasteiger partial charge in [-0.25, -0.2) is 0 Å². The van der Waals surface area contributed by atoms with E-state index in [-0.39, 0.29) is 0 Å². The van der Waals surface area contributed by atoms with Crippen LogP contribution in [0.15, 0.2) is 0 Å². The molecule has 53 heavy (non-hydrogen) atoms. The highest BCUT2D eigenvalue weighted by Gasteiger charge is 2.77. The number of hydrogen-bond donors (Lipinski definition) is 1. The number of epoxide rings is 1. The maximum atomic E-state index is 15.2. The Morgan fingerprint density at radius 2 is 1.30 bits per heavy atom. The maximum absolute atomic E-state index is 15.2. The molecule has 2 bridgehead atoms. The van der Waals surface area contributed by atoms with Gasteiger partial charge in [-0.3, -0.25) is 38.4 Å². The molecule has 12 atom stereocenters. The lowest BCUT2D eigenvalue weighted by molar-refractivity contribution is -0.264. The minimum atomic E-state index is -2.83. The van der Waals surface area contributed by atoms with Gasteiger partial charge in [0, 0.05) is 58.8 Å². The van der Waals surface area contributed by atoms with Crippen LogP contribution in [0.5, 0.6) is 0 Å². The molecule has 0 amide bonds. The van der Waals surface area contributed by atoms with E-state index in [1.807, 2.05) is 0 Å². The van der Waals surface area contributed by atoms with Gasteiger partial charge in [-0.2, -0.15) is 0 Å². The van der Waals surface area contributed by atoms with Gasteiger partial charge in [-0.05, 0) is 13.3 Å². The lowest BCUT2D eigenvalue weighted by atomic mass is 9.65. The molecule has 4 aliphatic rings. The summed E-state index contributed by atoms with van der Waals surface area (Å²) < 4.78 is 47.2. The maximum Gasteiger partial charge on any atom is 0.308 e. The molecule has 1 N–H and O–H groups in total. The first-order valence-corrected chi connectivity index (χ1v) is 17.5. The summed E-state index contributed by atoms with van der Waals surface area (Å²) in [5.74, 6) is -11.5. The molecule has 0 radical (unpaired) electrons. The molecule has 0 aromatic rings. The number of ketones is 1.